The van der Waals surface area contributed by atoms with E-state index in [1.807, 2.05) is 23.7 Å². The molecule has 0 saturated carbocycles. The molecule has 2 aromatic heterocycles. The van der Waals surface area contributed by atoms with Gasteiger partial charge >= 0.3 is 0 Å². The molecule has 3 rings (SSSR count). The van der Waals surface area contributed by atoms with Gasteiger partial charge in [0.15, 0.2) is 0 Å². The van der Waals surface area contributed by atoms with Gasteiger partial charge in [-0.15, -0.1) is 11.3 Å². The number of fused-ring (bicyclic) bond motifs is 1. The number of pyridine rings is 1. The average Bonchev–Trinajstić information content (AvgIpc) is 2.99. The van der Waals surface area contributed by atoms with Gasteiger partial charge in [-0.1, -0.05) is 6.92 Å². The summed E-state index contributed by atoms with van der Waals surface area (Å²) in [5.74, 6) is 0.340. The van der Waals surface area contributed by atoms with Gasteiger partial charge in [-0.05, 0) is 48.6 Å². The van der Waals surface area contributed by atoms with Gasteiger partial charge in [0.25, 0.3) is 0 Å². The largest absolute Gasteiger partial charge is 0.323 e. The highest BCUT2D eigenvalue weighted by molar-refractivity contribution is 7.12. The van der Waals surface area contributed by atoms with Crippen LogP contribution in [0.2, 0.25) is 0 Å². The molecule has 0 aromatic carbocycles. The SMILES string of the molecule is CC(c1ccncc1)C(N)c1cc2c(s1)CCC2. The van der Waals surface area contributed by atoms with Crippen LogP contribution in [0.4, 0.5) is 0 Å². The molecule has 94 valence electrons. The lowest BCUT2D eigenvalue weighted by atomic mass is 9.93. The molecule has 18 heavy (non-hydrogen) atoms. The number of hydrogen-bond donors (Lipinski definition) is 1. The van der Waals surface area contributed by atoms with Gasteiger partial charge < -0.3 is 5.73 Å². The molecule has 0 aliphatic heterocycles. The Balaban J connectivity index is 1.83. The van der Waals surface area contributed by atoms with E-state index in [4.69, 9.17) is 5.73 Å². The van der Waals surface area contributed by atoms with Crippen LogP contribution in [0.15, 0.2) is 30.6 Å². The van der Waals surface area contributed by atoms with Gasteiger partial charge in [0.2, 0.25) is 0 Å². The average molecular weight is 258 g/mol. The molecule has 2 N–H and O–H groups in total. The quantitative estimate of drug-likeness (QED) is 0.916. The summed E-state index contributed by atoms with van der Waals surface area (Å²) in [6.07, 6.45) is 7.48. The first-order valence-corrected chi connectivity index (χ1v) is 7.34. The van der Waals surface area contributed by atoms with Crippen molar-refractivity contribution in [3.8, 4) is 0 Å². The number of hydrogen-bond acceptors (Lipinski definition) is 3. The van der Waals surface area contributed by atoms with E-state index >= 15 is 0 Å². The van der Waals surface area contributed by atoms with Crippen molar-refractivity contribution in [2.45, 2.75) is 38.1 Å². The normalized spacial score (nSPS) is 17.4. The van der Waals surface area contributed by atoms with Crippen molar-refractivity contribution in [3.63, 3.8) is 0 Å². The lowest BCUT2D eigenvalue weighted by Crippen LogP contribution is -2.16. The molecule has 0 fully saturated rings. The fourth-order valence-corrected chi connectivity index (χ4v) is 4.00. The molecule has 0 radical (unpaired) electrons. The Morgan fingerprint density at radius 1 is 1.28 bits per heavy atom. The second-order valence-electron chi connectivity index (χ2n) is 5.05. The summed E-state index contributed by atoms with van der Waals surface area (Å²) in [4.78, 5) is 6.96. The van der Waals surface area contributed by atoms with Gasteiger partial charge in [-0.3, -0.25) is 4.98 Å². The second kappa shape index (κ2) is 4.82. The topological polar surface area (TPSA) is 38.9 Å². The molecular weight excluding hydrogens is 240 g/mol. The molecule has 0 saturated heterocycles. The van der Waals surface area contributed by atoms with Crippen LogP contribution in [-0.4, -0.2) is 4.98 Å². The summed E-state index contributed by atoms with van der Waals surface area (Å²) in [6.45, 7) is 2.20. The van der Waals surface area contributed by atoms with Crippen LogP contribution in [0.25, 0.3) is 0 Å². The first kappa shape index (κ1) is 11.9. The van der Waals surface area contributed by atoms with Gasteiger partial charge in [0.1, 0.15) is 0 Å². The fraction of sp³-hybridized carbons (Fsp3) is 0.400. The Morgan fingerprint density at radius 2 is 2.06 bits per heavy atom. The predicted octanol–water partition coefficient (Wildman–Crippen LogP) is 3.44. The summed E-state index contributed by atoms with van der Waals surface area (Å²) in [6, 6.07) is 6.55. The Bertz CT molecular complexity index is 511. The molecule has 1 aliphatic rings. The van der Waals surface area contributed by atoms with Gasteiger partial charge in [-0.2, -0.15) is 0 Å². The van der Waals surface area contributed by atoms with Crippen molar-refractivity contribution in [3.05, 3.63) is 51.5 Å². The van der Waals surface area contributed by atoms with E-state index < -0.39 is 0 Å². The predicted molar refractivity (Wildman–Crippen MR) is 75.9 cm³/mol. The first-order chi connectivity index (χ1) is 8.75. The zero-order chi connectivity index (χ0) is 12.5. The maximum Gasteiger partial charge on any atom is 0.0456 e. The van der Waals surface area contributed by atoms with Crippen LogP contribution in [0, 0.1) is 0 Å². The molecule has 2 unspecified atom stereocenters. The summed E-state index contributed by atoms with van der Waals surface area (Å²) >= 11 is 1.91. The third-order valence-corrected chi connectivity index (χ3v) is 5.20. The lowest BCUT2D eigenvalue weighted by Gasteiger charge is -2.19. The number of aromatic nitrogens is 1. The smallest absolute Gasteiger partial charge is 0.0456 e. The Morgan fingerprint density at radius 3 is 2.78 bits per heavy atom. The van der Waals surface area contributed by atoms with Crippen LogP contribution < -0.4 is 5.73 Å². The summed E-state index contributed by atoms with van der Waals surface area (Å²) in [7, 11) is 0. The zero-order valence-corrected chi connectivity index (χ0v) is 11.4. The third-order valence-electron chi connectivity index (χ3n) is 3.86. The summed E-state index contributed by atoms with van der Waals surface area (Å²) < 4.78 is 0. The zero-order valence-electron chi connectivity index (χ0n) is 10.6. The van der Waals surface area contributed by atoms with E-state index in [0.29, 0.717) is 5.92 Å². The van der Waals surface area contributed by atoms with Crippen LogP contribution in [0.3, 0.4) is 0 Å². The van der Waals surface area contributed by atoms with E-state index in [0.717, 1.165) is 0 Å². The van der Waals surface area contributed by atoms with E-state index in [1.165, 1.54) is 35.3 Å². The van der Waals surface area contributed by atoms with Crippen LogP contribution in [-0.2, 0) is 12.8 Å². The highest BCUT2D eigenvalue weighted by Crippen LogP contribution is 2.37. The molecule has 3 heteroatoms. The van der Waals surface area contributed by atoms with Crippen molar-refractivity contribution in [1.29, 1.82) is 0 Å². The van der Waals surface area contributed by atoms with Crippen molar-refractivity contribution >= 4 is 11.3 Å². The minimum absolute atomic E-state index is 0.100. The minimum atomic E-state index is 0.100. The van der Waals surface area contributed by atoms with E-state index in [2.05, 4.69) is 30.1 Å². The molecule has 2 heterocycles. The third kappa shape index (κ3) is 2.08. The van der Waals surface area contributed by atoms with Crippen LogP contribution >= 0.6 is 11.3 Å². The first-order valence-electron chi connectivity index (χ1n) is 6.52. The number of nitrogens with two attached hydrogens (primary N) is 1. The number of thiophene rings is 1. The Labute approximate surface area is 112 Å². The highest BCUT2D eigenvalue weighted by atomic mass is 32.1. The summed E-state index contributed by atoms with van der Waals surface area (Å²) in [5, 5.41) is 0. The van der Waals surface area contributed by atoms with Gasteiger partial charge in [0.05, 0.1) is 0 Å². The van der Waals surface area contributed by atoms with Crippen molar-refractivity contribution in [2.75, 3.05) is 0 Å². The van der Waals surface area contributed by atoms with Gasteiger partial charge in [-0.25, -0.2) is 0 Å². The number of nitrogens with zero attached hydrogens (tertiary/aromatic N) is 1. The Kier molecular flexibility index (Phi) is 3.18. The lowest BCUT2D eigenvalue weighted by molar-refractivity contribution is 0.606. The molecule has 2 nitrogen and oxygen atoms in total. The maximum absolute atomic E-state index is 6.42. The van der Waals surface area contributed by atoms with E-state index in [1.54, 1.807) is 4.88 Å². The minimum Gasteiger partial charge on any atom is -0.323 e. The second-order valence-corrected chi connectivity index (χ2v) is 6.21. The number of rotatable bonds is 3. The molecule has 0 amide bonds. The molecule has 1 aliphatic carbocycles. The van der Waals surface area contributed by atoms with Crippen molar-refractivity contribution in [2.24, 2.45) is 5.73 Å². The molecule has 0 bridgehead atoms. The van der Waals surface area contributed by atoms with Crippen LogP contribution in [0.5, 0.6) is 0 Å². The monoisotopic (exact) mass is 258 g/mol. The van der Waals surface area contributed by atoms with Crippen molar-refractivity contribution in [1.82, 2.24) is 4.98 Å². The standard InChI is InChI=1S/C15H18N2S/c1-10(11-5-7-17-8-6-11)15(16)14-9-12-3-2-4-13(12)18-14/h5-10,15H,2-4,16H2,1H3. The molecule has 2 aromatic rings. The van der Waals surface area contributed by atoms with Crippen LogP contribution in [0.1, 0.15) is 46.2 Å². The molecular formula is C15H18N2S. The Hall–Kier alpha value is -1.19. The maximum atomic E-state index is 6.42. The number of aryl methyl sites for hydroxylation is 2. The van der Waals surface area contributed by atoms with Crippen molar-refractivity contribution < 1.29 is 0 Å². The molecule has 2 atom stereocenters. The van der Waals surface area contributed by atoms with E-state index in [9.17, 15) is 0 Å². The highest BCUT2D eigenvalue weighted by Gasteiger charge is 2.22. The van der Waals surface area contributed by atoms with E-state index in [-0.39, 0.29) is 6.04 Å². The summed E-state index contributed by atoms with van der Waals surface area (Å²) in [5.41, 5.74) is 9.23. The fourth-order valence-electron chi connectivity index (χ4n) is 2.64. The van der Waals surface area contributed by atoms with Gasteiger partial charge in [0, 0.05) is 34.1 Å². The molecule has 0 spiro atoms.